The first kappa shape index (κ1) is 26.0. The number of unbranched alkanes of at least 4 members (excludes halogenated alkanes) is 2. The van der Waals surface area contributed by atoms with Gasteiger partial charge in [0.05, 0.1) is 11.7 Å². The highest BCUT2D eigenvalue weighted by atomic mass is 32.2. The fraction of sp³-hybridized carbons (Fsp3) is 0.765. The van der Waals surface area contributed by atoms with Gasteiger partial charge in [0.2, 0.25) is 5.91 Å². The van der Waals surface area contributed by atoms with Crippen molar-refractivity contribution in [2.75, 3.05) is 5.75 Å². The van der Waals surface area contributed by atoms with Crippen molar-refractivity contribution in [2.24, 2.45) is 11.8 Å². The third-order valence-electron chi connectivity index (χ3n) is 4.26. The topological polar surface area (TPSA) is 175 Å². The Balaban J connectivity index is 4.68. The standard InChI is InChI=1S/C17H29NO9S/c1-3-4-5-6-13(17(23)24)18-15(20)8-7-12(16(21)22)9-14(19)11(2)10-28(25,26)27/h11-13H,3-10H2,1-2H3,(H,18,20)(H,21,22)(H,23,24)(H,25,26,27). The molecule has 0 rings (SSSR count). The lowest BCUT2D eigenvalue weighted by Crippen LogP contribution is -2.41. The van der Waals surface area contributed by atoms with Crippen LogP contribution >= 0.6 is 0 Å². The summed E-state index contributed by atoms with van der Waals surface area (Å²) < 4.78 is 30.4. The lowest BCUT2D eigenvalue weighted by atomic mass is 9.92. The van der Waals surface area contributed by atoms with Crippen molar-refractivity contribution in [2.45, 2.75) is 64.8 Å². The zero-order valence-electron chi connectivity index (χ0n) is 16.1. The Morgan fingerprint density at radius 3 is 2.07 bits per heavy atom. The SMILES string of the molecule is CCCCCC(NC(=O)CCC(CC(=O)C(C)CS(=O)(=O)O)C(=O)O)C(=O)O. The monoisotopic (exact) mass is 423 g/mol. The van der Waals surface area contributed by atoms with E-state index < -0.39 is 63.8 Å². The van der Waals surface area contributed by atoms with Crippen LogP contribution in [0.15, 0.2) is 0 Å². The second-order valence-corrected chi connectivity index (χ2v) is 8.35. The molecule has 0 bridgehead atoms. The van der Waals surface area contributed by atoms with Crippen molar-refractivity contribution in [3.63, 3.8) is 0 Å². The Morgan fingerprint density at radius 1 is 1.00 bits per heavy atom. The third kappa shape index (κ3) is 11.7. The Bertz CT molecular complexity index is 660. The predicted molar refractivity (Wildman–Crippen MR) is 99.3 cm³/mol. The number of carbonyl (C=O) groups excluding carboxylic acids is 2. The van der Waals surface area contributed by atoms with E-state index >= 15 is 0 Å². The van der Waals surface area contributed by atoms with Crippen molar-refractivity contribution in [3.05, 3.63) is 0 Å². The summed E-state index contributed by atoms with van der Waals surface area (Å²) in [5.41, 5.74) is 0. The van der Waals surface area contributed by atoms with Crippen LogP contribution in [0.25, 0.3) is 0 Å². The molecule has 3 unspecified atom stereocenters. The van der Waals surface area contributed by atoms with Gasteiger partial charge in [0.1, 0.15) is 11.8 Å². The molecule has 0 saturated heterocycles. The lowest BCUT2D eigenvalue weighted by molar-refractivity contribution is -0.145. The van der Waals surface area contributed by atoms with Gasteiger partial charge in [-0.2, -0.15) is 8.42 Å². The fourth-order valence-electron chi connectivity index (χ4n) is 2.59. The number of Topliss-reactive ketones (excluding diaryl/α,β-unsaturated/α-hetero) is 1. The van der Waals surface area contributed by atoms with Crippen LogP contribution in [0.2, 0.25) is 0 Å². The Kier molecular flexibility index (Phi) is 11.6. The summed E-state index contributed by atoms with van der Waals surface area (Å²) in [6.45, 7) is 3.22. The van der Waals surface area contributed by atoms with Crippen molar-refractivity contribution >= 4 is 33.7 Å². The second kappa shape index (κ2) is 12.4. The number of hydrogen-bond acceptors (Lipinski definition) is 6. The predicted octanol–water partition coefficient (Wildman–Crippen LogP) is 1.10. The zero-order valence-corrected chi connectivity index (χ0v) is 16.9. The quantitative estimate of drug-likeness (QED) is 0.222. The summed E-state index contributed by atoms with van der Waals surface area (Å²) >= 11 is 0. The molecule has 0 aromatic carbocycles. The van der Waals surface area contributed by atoms with Crippen LogP contribution in [0.4, 0.5) is 0 Å². The molecule has 0 saturated carbocycles. The molecule has 0 aromatic rings. The summed E-state index contributed by atoms with van der Waals surface area (Å²) in [5, 5.41) is 20.7. The van der Waals surface area contributed by atoms with Gasteiger partial charge in [-0.3, -0.25) is 18.9 Å². The second-order valence-electron chi connectivity index (χ2n) is 6.85. The van der Waals surface area contributed by atoms with E-state index in [0.29, 0.717) is 6.42 Å². The number of hydrogen-bond donors (Lipinski definition) is 4. The van der Waals surface area contributed by atoms with Crippen LogP contribution in [0, 0.1) is 11.8 Å². The number of carboxylic acid groups (broad SMARTS) is 2. The van der Waals surface area contributed by atoms with Crippen molar-refractivity contribution in [1.82, 2.24) is 5.32 Å². The van der Waals surface area contributed by atoms with E-state index in [1.54, 1.807) is 0 Å². The van der Waals surface area contributed by atoms with Crippen LogP contribution in [-0.2, 0) is 29.3 Å². The van der Waals surface area contributed by atoms with E-state index in [9.17, 15) is 32.7 Å². The van der Waals surface area contributed by atoms with Crippen LogP contribution < -0.4 is 5.32 Å². The van der Waals surface area contributed by atoms with Gasteiger partial charge in [0, 0.05) is 18.8 Å². The molecule has 0 aromatic heterocycles. The van der Waals surface area contributed by atoms with Crippen molar-refractivity contribution in [1.29, 1.82) is 0 Å². The summed E-state index contributed by atoms with van der Waals surface area (Å²) in [7, 11) is -4.37. The normalized spacial score (nSPS) is 14.7. The molecule has 0 radical (unpaired) electrons. The summed E-state index contributed by atoms with van der Waals surface area (Å²) in [5.74, 6) is -6.89. The van der Waals surface area contributed by atoms with E-state index in [0.717, 1.165) is 12.8 Å². The molecule has 0 heterocycles. The molecule has 0 spiro atoms. The van der Waals surface area contributed by atoms with E-state index in [1.807, 2.05) is 6.92 Å². The Morgan fingerprint density at radius 2 is 1.61 bits per heavy atom. The van der Waals surface area contributed by atoms with Gasteiger partial charge in [-0.25, -0.2) is 4.79 Å². The highest BCUT2D eigenvalue weighted by Gasteiger charge is 2.27. The minimum atomic E-state index is -4.37. The molecule has 1 amide bonds. The van der Waals surface area contributed by atoms with Crippen LogP contribution in [0.1, 0.15) is 58.8 Å². The van der Waals surface area contributed by atoms with Gasteiger partial charge in [0.15, 0.2) is 0 Å². The van der Waals surface area contributed by atoms with E-state index in [2.05, 4.69) is 5.32 Å². The highest BCUT2D eigenvalue weighted by molar-refractivity contribution is 7.85. The number of carbonyl (C=O) groups is 4. The average Bonchev–Trinajstić information content (AvgIpc) is 2.55. The molecule has 11 heteroatoms. The smallest absolute Gasteiger partial charge is 0.326 e. The van der Waals surface area contributed by atoms with Crippen molar-refractivity contribution in [3.8, 4) is 0 Å². The molecule has 28 heavy (non-hydrogen) atoms. The van der Waals surface area contributed by atoms with Gasteiger partial charge < -0.3 is 15.5 Å². The first-order valence-electron chi connectivity index (χ1n) is 9.10. The minimum absolute atomic E-state index is 0.202. The molecule has 3 atom stereocenters. The molecule has 10 nitrogen and oxygen atoms in total. The van der Waals surface area contributed by atoms with E-state index in [4.69, 9.17) is 9.66 Å². The largest absolute Gasteiger partial charge is 0.481 e. The number of amides is 1. The number of ketones is 1. The van der Waals surface area contributed by atoms with Crippen LogP contribution in [0.3, 0.4) is 0 Å². The van der Waals surface area contributed by atoms with Gasteiger partial charge in [-0.1, -0.05) is 33.1 Å². The third-order valence-corrected chi connectivity index (χ3v) is 5.18. The summed E-state index contributed by atoms with van der Waals surface area (Å²) in [6.07, 6.45) is 1.64. The number of aliphatic carboxylic acids is 2. The lowest BCUT2D eigenvalue weighted by Gasteiger charge is -2.16. The molecule has 0 aliphatic rings. The molecule has 0 aliphatic heterocycles. The molecular weight excluding hydrogens is 394 g/mol. The van der Waals surface area contributed by atoms with Gasteiger partial charge in [-0.15, -0.1) is 0 Å². The maximum atomic E-state index is 12.0. The Hall–Kier alpha value is -2.01. The molecule has 0 fully saturated rings. The molecular formula is C17H29NO9S. The van der Waals surface area contributed by atoms with Gasteiger partial charge in [-0.05, 0) is 12.8 Å². The van der Waals surface area contributed by atoms with E-state index in [-0.39, 0.29) is 19.3 Å². The van der Waals surface area contributed by atoms with Gasteiger partial charge >= 0.3 is 11.9 Å². The maximum absolute atomic E-state index is 12.0. The fourth-order valence-corrected chi connectivity index (χ4v) is 3.41. The van der Waals surface area contributed by atoms with Gasteiger partial charge in [0.25, 0.3) is 10.1 Å². The minimum Gasteiger partial charge on any atom is -0.481 e. The number of rotatable bonds is 15. The van der Waals surface area contributed by atoms with Crippen LogP contribution in [-0.4, -0.2) is 58.6 Å². The highest BCUT2D eigenvalue weighted by Crippen LogP contribution is 2.17. The summed E-state index contributed by atoms with van der Waals surface area (Å²) in [4.78, 5) is 46.4. The summed E-state index contributed by atoms with van der Waals surface area (Å²) in [6, 6.07) is -1.06. The molecule has 0 aliphatic carbocycles. The number of carboxylic acids is 2. The zero-order chi connectivity index (χ0) is 21.9. The molecule has 162 valence electrons. The molecule has 4 N–H and O–H groups in total. The maximum Gasteiger partial charge on any atom is 0.326 e. The Labute approximate surface area is 164 Å². The first-order valence-corrected chi connectivity index (χ1v) is 10.7. The number of nitrogens with one attached hydrogen (secondary N) is 1. The van der Waals surface area contributed by atoms with Crippen molar-refractivity contribution < 1.29 is 42.4 Å². The average molecular weight is 423 g/mol. The van der Waals surface area contributed by atoms with Crippen LogP contribution in [0.5, 0.6) is 0 Å². The first-order chi connectivity index (χ1) is 12.9. The van der Waals surface area contributed by atoms with E-state index in [1.165, 1.54) is 6.92 Å².